The average Bonchev–Trinajstić information content (AvgIpc) is 3.16. The smallest absolute Gasteiger partial charge is 0.269 e. The number of anilines is 1. The zero-order valence-electron chi connectivity index (χ0n) is 17.8. The molecule has 0 spiro atoms. The number of carbonyl (C=O) groups excluding carboxylic acids is 2. The molecule has 1 unspecified atom stereocenters. The summed E-state index contributed by atoms with van der Waals surface area (Å²) in [6.45, 7) is 2.47. The van der Waals surface area contributed by atoms with Crippen molar-refractivity contribution in [3.05, 3.63) is 76.2 Å². The lowest BCUT2D eigenvalue weighted by Crippen LogP contribution is -3.00. The highest BCUT2D eigenvalue weighted by molar-refractivity contribution is 7.17. The van der Waals surface area contributed by atoms with Gasteiger partial charge in [0.25, 0.3) is 11.8 Å². The van der Waals surface area contributed by atoms with Gasteiger partial charge in [0.1, 0.15) is 11.6 Å². The third kappa shape index (κ3) is 4.83. The predicted octanol–water partition coefficient (Wildman–Crippen LogP) is 0.188. The molecule has 172 valence electrons. The van der Waals surface area contributed by atoms with Crippen LogP contribution in [0.3, 0.4) is 0 Å². The molecule has 0 saturated carbocycles. The fourth-order valence-corrected chi connectivity index (χ4v) is 5.42. The molecule has 2 aliphatic rings. The Hall–Kier alpha value is -3.07. The van der Waals surface area contributed by atoms with Crippen LogP contribution in [0.15, 0.2) is 54.6 Å². The lowest BCUT2D eigenvalue weighted by atomic mass is 10.0. The highest BCUT2D eigenvalue weighted by atomic mass is 35.5. The van der Waals surface area contributed by atoms with Crippen LogP contribution >= 0.6 is 11.3 Å². The van der Waals surface area contributed by atoms with Crippen LogP contribution in [0.2, 0.25) is 0 Å². The second-order valence-electron chi connectivity index (χ2n) is 7.87. The molecule has 0 bridgehead atoms. The van der Waals surface area contributed by atoms with Gasteiger partial charge in [-0.1, -0.05) is 42.5 Å². The summed E-state index contributed by atoms with van der Waals surface area (Å²) in [6, 6.07) is 17.5. The summed E-state index contributed by atoms with van der Waals surface area (Å²) in [7, 11) is 0. The first-order valence-electron chi connectivity index (χ1n) is 10.5. The maximum absolute atomic E-state index is 12.9. The minimum absolute atomic E-state index is 0. The largest absolute Gasteiger partial charge is 1.00 e. The molecule has 2 amide bonds. The van der Waals surface area contributed by atoms with Gasteiger partial charge in [0, 0.05) is 24.5 Å². The summed E-state index contributed by atoms with van der Waals surface area (Å²) in [5, 5.41) is 3.35. The summed E-state index contributed by atoms with van der Waals surface area (Å²) < 4.78 is 11.4. The van der Waals surface area contributed by atoms with Crippen LogP contribution in [0, 0.1) is 0 Å². The zero-order chi connectivity index (χ0) is 22.1. The fraction of sp³-hybridized carbons (Fsp3) is 0.250. The van der Waals surface area contributed by atoms with Crippen LogP contribution in [0.4, 0.5) is 5.00 Å². The second kappa shape index (κ2) is 9.82. The summed E-state index contributed by atoms with van der Waals surface area (Å²) in [5.74, 6) is 0.248. The Morgan fingerprint density at radius 3 is 2.58 bits per heavy atom. The van der Waals surface area contributed by atoms with E-state index in [4.69, 9.17) is 15.2 Å². The average molecular weight is 485 g/mol. The number of thiophene rings is 1. The molecule has 9 heteroatoms. The molecule has 3 aromatic rings. The van der Waals surface area contributed by atoms with Crippen LogP contribution in [0.1, 0.15) is 26.4 Å². The van der Waals surface area contributed by atoms with Gasteiger partial charge < -0.3 is 32.9 Å². The van der Waals surface area contributed by atoms with Crippen molar-refractivity contribution in [2.45, 2.75) is 25.6 Å². The Balaban J connectivity index is 0.00000259. The minimum atomic E-state index is -0.806. The number of nitrogens with zero attached hydrogens (tertiary/aromatic N) is 1. The fourth-order valence-electron chi connectivity index (χ4n) is 4.12. The Bertz CT molecular complexity index is 1170. The number of hydrogen-bond donors (Lipinski definition) is 2. The molecule has 2 aliphatic heterocycles. The summed E-state index contributed by atoms with van der Waals surface area (Å²) >= 11 is 1.41. The first-order valence-corrected chi connectivity index (χ1v) is 11.3. The predicted molar refractivity (Wildman–Crippen MR) is 122 cm³/mol. The molecule has 1 aromatic heterocycles. The Kier molecular flexibility index (Phi) is 6.88. The number of nitrogens with one attached hydrogen (secondary N) is 1. The maximum atomic E-state index is 12.9. The minimum Gasteiger partial charge on any atom is -1.00 e. The standard InChI is InChI=1S/C24H23N3O4S.ClH/c25-22(28)21-16-10-11-27(12-15-6-2-1-3-7-15)13-20(16)32-24(21)26-23(29)19-14-30-17-8-4-5-9-18(17)31-19;/h1-9,19H,10-14H2,(H2,25,28)(H,26,29);1H/p-1. The van der Waals surface area contributed by atoms with Crippen molar-refractivity contribution in [3.63, 3.8) is 0 Å². The van der Waals surface area contributed by atoms with E-state index in [9.17, 15) is 9.59 Å². The number of fused-ring (bicyclic) bond motifs is 2. The Morgan fingerprint density at radius 1 is 1.09 bits per heavy atom. The summed E-state index contributed by atoms with van der Waals surface area (Å²) in [4.78, 5) is 28.5. The number of ether oxygens (including phenoxy) is 2. The third-order valence-corrected chi connectivity index (χ3v) is 6.80. The van der Waals surface area contributed by atoms with Gasteiger partial charge in [-0.2, -0.15) is 0 Å². The second-order valence-corrected chi connectivity index (χ2v) is 8.98. The van der Waals surface area contributed by atoms with Crippen molar-refractivity contribution in [1.82, 2.24) is 4.90 Å². The quantitative estimate of drug-likeness (QED) is 0.539. The van der Waals surface area contributed by atoms with E-state index in [0.717, 1.165) is 23.5 Å². The van der Waals surface area contributed by atoms with Gasteiger partial charge in [0.05, 0.1) is 5.56 Å². The highest BCUT2D eigenvalue weighted by Gasteiger charge is 2.31. The first-order chi connectivity index (χ1) is 15.6. The monoisotopic (exact) mass is 484 g/mol. The van der Waals surface area contributed by atoms with Crippen molar-refractivity contribution in [2.24, 2.45) is 5.73 Å². The van der Waals surface area contributed by atoms with Crippen LogP contribution in [0.5, 0.6) is 11.5 Å². The van der Waals surface area contributed by atoms with E-state index in [1.807, 2.05) is 30.3 Å². The number of carbonyl (C=O) groups is 2. The Labute approximate surface area is 201 Å². The molecule has 2 aromatic carbocycles. The molecule has 1 atom stereocenters. The molecule has 33 heavy (non-hydrogen) atoms. The normalized spacial score (nSPS) is 16.9. The molecule has 5 rings (SSSR count). The van der Waals surface area contributed by atoms with Gasteiger partial charge in [0.2, 0.25) is 6.10 Å². The van der Waals surface area contributed by atoms with Crippen molar-refractivity contribution in [2.75, 3.05) is 18.5 Å². The SMILES string of the molecule is NC(=O)c1c(NC(=O)C2COc3ccccc3O2)sc2c1CCN(Cc1ccccc1)C2.[Cl-]. The lowest BCUT2D eigenvalue weighted by Gasteiger charge is -2.27. The van der Waals surface area contributed by atoms with E-state index in [2.05, 4.69) is 22.3 Å². The molecule has 0 radical (unpaired) electrons. The highest BCUT2D eigenvalue weighted by Crippen LogP contribution is 2.38. The van der Waals surface area contributed by atoms with E-state index in [0.29, 0.717) is 35.0 Å². The number of primary amides is 1. The van der Waals surface area contributed by atoms with Gasteiger partial charge >= 0.3 is 0 Å². The lowest BCUT2D eigenvalue weighted by molar-refractivity contribution is -0.125. The molecule has 7 nitrogen and oxygen atoms in total. The van der Waals surface area contributed by atoms with E-state index in [1.54, 1.807) is 12.1 Å². The number of hydrogen-bond acceptors (Lipinski definition) is 6. The number of para-hydroxylation sites is 2. The van der Waals surface area contributed by atoms with Crippen molar-refractivity contribution < 1.29 is 31.5 Å². The van der Waals surface area contributed by atoms with Gasteiger partial charge in [0.15, 0.2) is 11.5 Å². The van der Waals surface area contributed by atoms with Crippen LogP contribution in [0.25, 0.3) is 0 Å². The number of amides is 2. The van der Waals surface area contributed by atoms with Crippen LogP contribution < -0.4 is 32.9 Å². The molecule has 0 aliphatic carbocycles. The van der Waals surface area contributed by atoms with Gasteiger partial charge in [-0.25, -0.2) is 0 Å². The van der Waals surface area contributed by atoms with E-state index in [1.165, 1.54) is 16.9 Å². The number of halogens is 1. The summed E-state index contributed by atoms with van der Waals surface area (Å²) in [6.07, 6.45) is -0.0946. The third-order valence-electron chi connectivity index (χ3n) is 5.67. The van der Waals surface area contributed by atoms with E-state index in [-0.39, 0.29) is 24.9 Å². The Morgan fingerprint density at radius 2 is 1.82 bits per heavy atom. The van der Waals surface area contributed by atoms with Gasteiger partial charge in [-0.05, 0) is 29.7 Å². The zero-order valence-corrected chi connectivity index (χ0v) is 19.3. The number of rotatable bonds is 5. The topological polar surface area (TPSA) is 93.9 Å². The molecule has 0 fully saturated rings. The molecular weight excluding hydrogens is 462 g/mol. The molecule has 0 saturated heterocycles. The van der Waals surface area contributed by atoms with Crippen molar-refractivity contribution in [1.29, 1.82) is 0 Å². The van der Waals surface area contributed by atoms with Gasteiger partial charge in [-0.3, -0.25) is 14.5 Å². The van der Waals surface area contributed by atoms with Gasteiger partial charge in [-0.15, -0.1) is 11.3 Å². The molecule has 3 heterocycles. The van der Waals surface area contributed by atoms with Crippen molar-refractivity contribution >= 4 is 28.2 Å². The molecule has 3 N–H and O–H groups in total. The number of benzene rings is 2. The summed E-state index contributed by atoms with van der Waals surface area (Å²) in [5.41, 5.74) is 8.30. The molecular formula is C24H23ClN3O4S-. The number of nitrogens with two attached hydrogens (primary N) is 1. The van der Waals surface area contributed by atoms with Crippen molar-refractivity contribution in [3.8, 4) is 11.5 Å². The first kappa shape index (κ1) is 23.1. The van der Waals surface area contributed by atoms with Crippen LogP contribution in [-0.2, 0) is 24.3 Å². The van der Waals surface area contributed by atoms with E-state index < -0.39 is 12.0 Å². The van der Waals surface area contributed by atoms with E-state index >= 15 is 0 Å². The maximum Gasteiger partial charge on any atom is 0.269 e. The van der Waals surface area contributed by atoms with Crippen LogP contribution in [-0.4, -0.2) is 36.0 Å².